The van der Waals surface area contributed by atoms with Crippen LogP contribution in [-0.2, 0) is 4.79 Å². The first-order chi connectivity index (χ1) is 8.08. The minimum absolute atomic E-state index is 0.171. The summed E-state index contributed by atoms with van der Waals surface area (Å²) >= 11 is 0. The molecule has 0 spiro atoms. The largest absolute Gasteiger partial charge is 0.481 e. The first-order valence-electron chi connectivity index (χ1n) is 5.12. The van der Waals surface area contributed by atoms with Gasteiger partial charge in [-0.1, -0.05) is 6.07 Å². The summed E-state index contributed by atoms with van der Waals surface area (Å²) in [5, 5.41) is 11.3. The Balaban J connectivity index is 2.27. The quantitative estimate of drug-likeness (QED) is 0.831. The van der Waals surface area contributed by atoms with Crippen LogP contribution in [0.1, 0.15) is 6.42 Å². The monoisotopic (exact) mass is 238 g/mol. The maximum Gasteiger partial charge on any atom is 0.322 e. The Morgan fingerprint density at radius 3 is 3.00 bits per heavy atom. The van der Waals surface area contributed by atoms with E-state index in [0.29, 0.717) is 5.69 Å². The second-order valence-electron chi connectivity index (χ2n) is 3.79. The summed E-state index contributed by atoms with van der Waals surface area (Å²) in [4.78, 5) is 23.5. The van der Waals surface area contributed by atoms with Crippen molar-refractivity contribution in [3.8, 4) is 0 Å². The Hall–Kier alpha value is -2.11. The first-order valence-corrected chi connectivity index (χ1v) is 5.12. The minimum Gasteiger partial charge on any atom is -0.481 e. The maximum atomic E-state index is 13.1. The van der Waals surface area contributed by atoms with Gasteiger partial charge in [-0.2, -0.15) is 0 Å². The van der Waals surface area contributed by atoms with Crippen molar-refractivity contribution in [2.45, 2.75) is 12.5 Å². The van der Waals surface area contributed by atoms with Crippen molar-refractivity contribution in [1.82, 2.24) is 5.32 Å². The van der Waals surface area contributed by atoms with E-state index in [1.165, 1.54) is 23.1 Å². The summed E-state index contributed by atoms with van der Waals surface area (Å²) in [5.41, 5.74) is 0.367. The van der Waals surface area contributed by atoms with Gasteiger partial charge in [-0.05, 0) is 18.2 Å². The van der Waals surface area contributed by atoms with Gasteiger partial charge < -0.3 is 10.4 Å². The second-order valence-corrected chi connectivity index (χ2v) is 3.79. The molecule has 1 heterocycles. The predicted octanol–water partition coefficient (Wildman–Crippen LogP) is 1.20. The lowest BCUT2D eigenvalue weighted by molar-refractivity contribution is -0.137. The van der Waals surface area contributed by atoms with E-state index in [1.807, 2.05) is 0 Å². The molecule has 1 unspecified atom stereocenters. The lowest BCUT2D eigenvalue weighted by Gasteiger charge is -2.21. The number of hydrogen-bond acceptors (Lipinski definition) is 2. The van der Waals surface area contributed by atoms with Crippen LogP contribution in [0.2, 0.25) is 0 Å². The van der Waals surface area contributed by atoms with Crippen molar-refractivity contribution in [2.24, 2.45) is 0 Å². The Morgan fingerprint density at radius 1 is 1.59 bits per heavy atom. The third-order valence-electron chi connectivity index (χ3n) is 2.57. The van der Waals surface area contributed by atoms with E-state index in [-0.39, 0.29) is 13.0 Å². The molecule has 5 nitrogen and oxygen atoms in total. The van der Waals surface area contributed by atoms with Crippen LogP contribution < -0.4 is 10.2 Å². The molecule has 1 saturated heterocycles. The van der Waals surface area contributed by atoms with Crippen molar-refractivity contribution in [2.75, 3.05) is 11.4 Å². The third-order valence-corrected chi connectivity index (χ3v) is 2.57. The molecule has 2 N–H and O–H groups in total. The SMILES string of the molecule is O=C(O)CC1CNC(=O)N1c1cccc(F)c1. The summed E-state index contributed by atoms with van der Waals surface area (Å²) < 4.78 is 13.1. The Morgan fingerprint density at radius 2 is 2.35 bits per heavy atom. The molecule has 1 atom stereocenters. The van der Waals surface area contributed by atoms with Gasteiger partial charge in [0.2, 0.25) is 0 Å². The van der Waals surface area contributed by atoms with Gasteiger partial charge in [-0.15, -0.1) is 0 Å². The number of carboxylic acids is 1. The lowest BCUT2D eigenvalue weighted by atomic mass is 10.2. The van der Waals surface area contributed by atoms with Gasteiger partial charge >= 0.3 is 12.0 Å². The van der Waals surface area contributed by atoms with Gasteiger partial charge in [0.15, 0.2) is 0 Å². The van der Waals surface area contributed by atoms with Crippen LogP contribution in [0.4, 0.5) is 14.9 Å². The molecule has 90 valence electrons. The second kappa shape index (κ2) is 4.40. The fraction of sp³-hybridized carbons (Fsp3) is 0.273. The molecule has 1 aliphatic rings. The average Bonchev–Trinajstić information content (AvgIpc) is 2.59. The van der Waals surface area contributed by atoms with Crippen LogP contribution in [0.3, 0.4) is 0 Å². The van der Waals surface area contributed by atoms with Gasteiger partial charge in [0.1, 0.15) is 5.82 Å². The molecule has 1 aromatic carbocycles. The molecule has 2 rings (SSSR count). The number of nitrogens with zero attached hydrogens (tertiary/aromatic N) is 1. The van der Waals surface area contributed by atoms with Crippen molar-refractivity contribution in [3.63, 3.8) is 0 Å². The molecule has 0 aliphatic carbocycles. The summed E-state index contributed by atoms with van der Waals surface area (Å²) in [6.07, 6.45) is -0.171. The molecule has 0 saturated carbocycles. The number of carboxylic acid groups (broad SMARTS) is 1. The van der Waals surface area contributed by atoms with E-state index in [2.05, 4.69) is 5.32 Å². The van der Waals surface area contributed by atoms with E-state index in [1.54, 1.807) is 6.07 Å². The van der Waals surface area contributed by atoms with Crippen LogP contribution in [0, 0.1) is 5.82 Å². The number of hydrogen-bond donors (Lipinski definition) is 2. The van der Waals surface area contributed by atoms with E-state index in [4.69, 9.17) is 5.11 Å². The molecular formula is C11H11FN2O3. The summed E-state index contributed by atoms with van der Waals surface area (Å²) in [6, 6.07) is 4.64. The highest BCUT2D eigenvalue weighted by atomic mass is 19.1. The molecule has 1 aliphatic heterocycles. The zero-order valence-corrected chi connectivity index (χ0v) is 8.89. The van der Waals surface area contributed by atoms with Crippen molar-refractivity contribution in [1.29, 1.82) is 0 Å². The molecule has 2 amide bonds. The number of aliphatic carboxylic acids is 1. The third kappa shape index (κ3) is 2.35. The normalized spacial score (nSPS) is 19.2. The molecule has 6 heteroatoms. The van der Waals surface area contributed by atoms with Crippen LogP contribution in [0.25, 0.3) is 0 Å². The van der Waals surface area contributed by atoms with Gasteiger partial charge in [-0.3, -0.25) is 9.69 Å². The standard InChI is InChI=1S/C11H11FN2O3/c12-7-2-1-3-8(4-7)14-9(5-10(15)16)6-13-11(14)17/h1-4,9H,5-6H2,(H,13,17)(H,15,16). The van der Waals surface area contributed by atoms with Gasteiger partial charge in [0.25, 0.3) is 0 Å². The van der Waals surface area contributed by atoms with E-state index >= 15 is 0 Å². The molecular weight excluding hydrogens is 227 g/mol. The van der Waals surface area contributed by atoms with E-state index in [9.17, 15) is 14.0 Å². The zero-order chi connectivity index (χ0) is 12.4. The summed E-state index contributed by atoms with van der Waals surface area (Å²) in [5.74, 6) is -1.45. The number of urea groups is 1. The van der Waals surface area contributed by atoms with Crippen molar-refractivity contribution < 1.29 is 19.1 Å². The van der Waals surface area contributed by atoms with Crippen LogP contribution >= 0.6 is 0 Å². The number of carbonyl (C=O) groups excluding carboxylic acids is 1. The highest BCUT2D eigenvalue weighted by Crippen LogP contribution is 2.22. The first kappa shape index (κ1) is 11.4. The lowest BCUT2D eigenvalue weighted by Crippen LogP contribution is -2.35. The van der Waals surface area contributed by atoms with Gasteiger partial charge in [0.05, 0.1) is 12.5 Å². The zero-order valence-electron chi connectivity index (χ0n) is 8.89. The fourth-order valence-electron chi connectivity index (χ4n) is 1.87. The van der Waals surface area contributed by atoms with Crippen molar-refractivity contribution >= 4 is 17.7 Å². The highest BCUT2D eigenvalue weighted by Gasteiger charge is 2.33. The molecule has 0 bridgehead atoms. The van der Waals surface area contributed by atoms with E-state index in [0.717, 1.165) is 0 Å². The maximum absolute atomic E-state index is 13.1. The molecule has 17 heavy (non-hydrogen) atoms. The Labute approximate surface area is 96.8 Å². The fourth-order valence-corrected chi connectivity index (χ4v) is 1.87. The number of amides is 2. The number of nitrogens with one attached hydrogen (secondary N) is 1. The molecule has 1 fully saturated rings. The highest BCUT2D eigenvalue weighted by molar-refractivity contribution is 5.95. The Bertz CT molecular complexity index is 464. The van der Waals surface area contributed by atoms with Crippen LogP contribution in [0.5, 0.6) is 0 Å². The number of carbonyl (C=O) groups is 2. The molecule has 0 aromatic heterocycles. The number of rotatable bonds is 3. The van der Waals surface area contributed by atoms with E-state index < -0.39 is 23.9 Å². The number of halogens is 1. The molecule has 0 radical (unpaired) electrons. The van der Waals surface area contributed by atoms with Crippen LogP contribution in [-0.4, -0.2) is 29.7 Å². The van der Waals surface area contributed by atoms with Gasteiger partial charge in [0, 0.05) is 12.2 Å². The number of benzene rings is 1. The predicted molar refractivity (Wildman–Crippen MR) is 58.3 cm³/mol. The summed E-state index contributed by atoms with van der Waals surface area (Å²) in [7, 11) is 0. The van der Waals surface area contributed by atoms with Crippen molar-refractivity contribution in [3.05, 3.63) is 30.1 Å². The smallest absolute Gasteiger partial charge is 0.322 e. The number of anilines is 1. The average molecular weight is 238 g/mol. The molecule has 1 aromatic rings. The summed E-state index contributed by atoms with van der Waals surface area (Å²) in [6.45, 7) is 0.252. The van der Waals surface area contributed by atoms with Crippen LogP contribution in [0.15, 0.2) is 24.3 Å². The Kier molecular flexibility index (Phi) is 2.95. The van der Waals surface area contributed by atoms with Gasteiger partial charge in [-0.25, -0.2) is 9.18 Å². The minimum atomic E-state index is -0.993. The topological polar surface area (TPSA) is 69.6 Å².